The Labute approximate surface area is 168 Å². The average molecular weight is 401 g/mol. The molecule has 0 aliphatic carbocycles. The molecule has 1 aliphatic heterocycles. The summed E-state index contributed by atoms with van der Waals surface area (Å²) in [6.07, 6.45) is 0.786. The number of benzene rings is 2. The fraction of sp³-hybridized carbons (Fsp3) is 0.318. The molecule has 0 atom stereocenters. The molecule has 1 aliphatic rings. The second kappa shape index (κ2) is 7.94. The van der Waals surface area contributed by atoms with Gasteiger partial charge in [0.1, 0.15) is 11.4 Å². The third-order valence-corrected chi connectivity index (χ3v) is 5.69. The fourth-order valence-corrected chi connectivity index (χ4v) is 4.04. The number of nitrogens with zero attached hydrogens (tertiary/aromatic N) is 2. The van der Waals surface area contributed by atoms with Gasteiger partial charge in [-0.25, -0.2) is 9.18 Å². The first-order valence-electron chi connectivity index (χ1n) is 9.51. The first kappa shape index (κ1) is 19.0. The van der Waals surface area contributed by atoms with Gasteiger partial charge in [0.25, 0.3) is 0 Å². The van der Waals surface area contributed by atoms with Gasteiger partial charge in [0, 0.05) is 54.9 Å². The van der Waals surface area contributed by atoms with E-state index in [4.69, 9.17) is 16.0 Å². The summed E-state index contributed by atoms with van der Waals surface area (Å²) in [7, 11) is 0. The zero-order chi connectivity index (χ0) is 19.7. The van der Waals surface area contributed by atoms with Gasteiger partial charge in [-0.3, -0.25) is 4.90 Å². The maximum Gasteiger partial charge on any atom is 0.336 e. The highest BCUT2D eigenvalue weighted by Crippen LogP contribution is 2.27. The topological polar surface area (TPSA) is 36.7 Å². The van der Waals surface area contributed by atoms with Crippen LogP contribution in [-0.4, -0.2) is 31.1 Å². The van der Waals surface area contributed by atoms with Gasteiger partial charge in [-0.1, -0.05) is 18.5 Å². The highest BCUT2D eigenvalue weighted by molar-refractivity contribution is 6.32. The molecule has 3 aromatic rings. The molecule has 0 spiro atoms. The van der Waals surface area contributed by atoms with Crippen molar-refractivity contribution in [3.05, 3.63) is 74.9 Å². The summed E-state index contributed by atoms with van der Waals surface area (Å²) in [6.45, 7) is 6.12. The lowest BCUT2D eigenvalue weighted by atomic mass is 10.1. The van der Waals surface area contributed by atoms with Crippen LogP contribution in [0.2, 0.25) is 5.02 Å². The second-order valence-electron chi connectivity index (χ2n) is 7.12. The van der Waals surface area contributed by atoms with E-state index in [-0.39, 0.29) is 11.4 Å². The largest absolute Gasteiger partial charge is 0.423 e. The first-order chi connectivity index (χ1) is 13.5. The van der Waals surface area contributed by atoms with Crippen LogP contribution in [0.5, 0.6) is 0 Å². The summed E-state index contributed by atoms with van der Waals surface area (Å²) in [6, 6.07) is 12.0. The van der Waals surface area contributed by atoms with E-state index in [0.29, 0.717) is 17.2 Å². The minimum absolute atomic E-state index is 0.220. The Kier molecular flexibility index (Phi) is 5.38. The van der Waals surface area contributed by atoms with Crippen LogP contribution in [0.1, 0.15) is 18.1 Å². The van der Waals surface area contributed by atoms with Crippen LogP contribution in [0.3, 0.4) is 0 Å². The number of aryl methyl sites for hydroxylation is 1. The van der Waals surface area contributed by atoms with Crippen LogP contribution in [0, 0.1) is 5.82 Å². The molecule has 2 heterocycles. The van der Waals surface area contributed by atoms with Gasteiger partial charge in [-0.2, -0.15) is 0 Å². The van der Waals surface area contributed by atoms with Crippen molar-refractivity contribution in [3.63, 3.8) is 0 Å². The van der Waals surface area contributed by atoms with Crippen LogP contribution in [0.25, 0.3) is 11.0 Å². The molecular weight excluding hydrogens is 379 g/mol. The van der Waals surface area contributed by atoms with Gasteiger partial charge in [0.05, 0.1) is 0 Å². The van der Waals surface area contributed by atoms with Crippen molar-refractivity contribution in [3.8, 4) is 0 Å². The Balaban J connectivity index is 1.52. The summed E-state index contributed by atoms with van der Waals surface area (Å²) >= 11 is 6.39. The van der Waals surface area contributed by atoms with Crippen LogP contribution in [0.4, 0.5) is 10.1 Å². The number of fused-ring (bicyclic) bond motifs is 1. The number of anilines is 1. The van der Waals surface area contributed by atoms with Crippen molar-refractivity contribution in [1.82, 2.24) is 4.90 Å². The Morgan fingerprint density at radius 3 is 2.43 bits per heavy atom. The smallest absolute Gasteiger partial charge is 0.336 e. The van der Waals surface area contributed by atoms with Crippen LogP contribution in [-0.2, 0) is 13.0 Å². The van der Waals surface area contributed by atoms with E-state index in [9.17, 15) is 9.18 Å². The molecule has 0 bridgehead atoms. The van der Waals surface area contributed by atoms with E-state index in [2.05, 4.69) is 9.80 Å². The van der Waals surface area contributed by atoms with Crippen LogP contribution >= 0.6 is 11.6 Å². The minimum atomic E-state index is -0.336. The lowest BCUT2D eigenvalue weighted by molar-refractivity contribution is 0.250. The van der Waals surface area contributed by atoms with Gasteiger partial charge in [-0.05, 0) is 53.9 Å². The van der Waals surface area contributed by atoms with Crippen molar-refractivity contribution in [1.29, 1.82) is 0 Å². The minimum Gasteiger partial charge on any atom is -0.423 e. The van der Waals surface area contributed by atoms with E-state index in [1.807, 2.05) is 31.2 Å². The number of halogens is 2. The molecule has 0 N–H and O–H groups in total. The lowest BCUT2D eigenvalue weighted by Crippen LogP contribution is -2.46. The van der Waals surface area contributed by atoms with E-state index < -0.39 is 0 Å². The predicted octanol–water partition coefficient (Wildman–Crippen LogP) is 4.47. The van der Waals surface area contributed by atoms with Crippen molar-refractivity contribution in [2.45, 2.75) is 19.9 Å². The fourth-order valence-electron chi connectivity index (χ4n) is 3.75. The Bertz CT molecular complexity index is 1040. The summed E-state index contributed by atoms with van der Waals surface area (Å²) in [5.41, 5.74) is 3.20. The number of rotatable bonds is 4. The third kappa shape index (κ3) is 3.91. The molecular formula is C22H22ClFN2O2. The molecule has 28 heavy (non-hydrogen) atoms. The maximum absolute atomic E-state index is 13.1. The summed E-state index contributed by atoms with van der Waals surface area (Å²) in [4.78, 5) is 16.6. The Hall–Kier alpha value is -2.37. The normalized spacial score (nSPS) is 15.3. The van der Waals surface area contributed by atoms with Crippen molar-refractivity contribution >= 4 is 28.3 Å². The summed E-state index contributed by atoms with van der Waals surface area (Å²) in [5, 5.41) is 1.59. The number of hydrogen-bond donors (Lipinski definition) is 0. The van der Waals surface area contributed by atoms with Crippen LogP contribution in [0.15, 0.2) is 51.7 Å². The Morgan fingerprint density at radius 2 is 1.75 bits per heavy atom. The molecule has 146 valence electrons. The van der Waals surface area contributed by atoms with Gasteiger partial charge in [0.15, 0.2) is 0 Å². The summed E-state index contributed by atoms with van der Waals surface area (Å²) < 4.78 is 18.5. The van der Waals surface area contributed by atoms with E-state index in [0.717, 1.165) is 54.8 Å². The van der Waals surface area contributed by atoms with Crippen molar-refractivity contribution < 1.29 is 8.81 Å². The Morgan fingerprint density at radius 1 is 1.04 bits per heavy atom. The van der Waals surface area contributed by atoms with E-state index >= 15 is 0 Å². The molecule has 0 unspecified atom stereocenters. The second-order valence-corrected chi connectivity index (χ2v) is 7.53. The standard InChI is InChI=1S/C22H22ClFN2O2/c1-2-15-11-21-19(13-20(15)23)16(12-22(27)28-21)14-25-7-9-26(10-8-25)18-5-3-17(24)4-6-18/h3-6,11-13H,2,7-10,14H2,1H3. The zero-order valence-corrected chi connectivity index (χ0v) is 16.5. The van der Waals surface area contributed by atoms with Crippen molar-refractivity contribution in [2.75, 3.05) is 31.1 Å². The molecule has 0 amide bonds. The van der Waals surface area contributed by atoms with Crippen LogP contribution < -0.4 is 10.5 Å². The van der Waals surface area contributed by atoms with Gasteiger partial charge < -0.3 is 9.32 Å². The monoisotopic (exact) mass is 400 g/mol. The third-order valence-electron chi connectivity index (χ3n) is 5.34. The zero-order valence-electron chi connectivity index (χ0n) is 15.8. The number of piperazine rings is 1. The SMILES string of the molecule is CCc1cc2oc(=O)cc(CN3CCN(c4ccc(F)cc4)CC3)c2cc1Cl. The molecule has 0 radical (unpaired) electrons. The maximum atomic E-state index is 13.1. The molecule has 1 fully saturated rings. The molecule has 4 nitrogen and oxygen atoms in total. The highest BCUT2D eigenvalue weighted by Gasteiger charge is 2.19. The average Bonchev–Trinajstić information content (AvgIpc) is 2.69. The number of hydrogen-bond acceptors (Lipinski definition) is 4. The first-order valence-corrected chi connectivity index (χ1v) is 9.89. The molecule has 4 rings (SSSR count). The molecule has 0 saturated carbocycles. The van der Waals surface area contributed by atoms with Gasteiger partial charge in [0.2, 0.25) is 0 Å². The van der Waals surface area contributed by atoms with Crippen molar-refractivity contribution in [2.24, 2.45) is 0 Å². The van der Waals surface area contributed by atoms with Gasteiger partial charge >= 0.3 is 5.63 Å². The van der Waals surface area contributed by atoms with E-state index in [1.54, 1.807) is 6.07 Å². The van der Waals surface area contributed by atoms with E-state index in [1.165, 1.54) is 12.1 Å². The lowest BCUT2D eigenvalue weighted by Gasteiger charge is -2.36. The van der Waals surface area contributed by atoms with Gasteiger partial charge in [-0.15, -0.1) is 0 Å². The molecule has 1 saturated heterocycles. The quantitative estimate of drug-likeness (QED) is 0.605. The molecule has 1 aromatic heterocycles. The molecule has 6 heteroatoms. The predicted molar refractivity (Wildman–Crippen MR) is 111 cm³/mol. The highest BCUT2D eigenvalue weighted by atomic mass is 35.5. The summed E-state index contributed by atoms with van der Waals surface area (Å²) in [5.74, 6) is -0.220. The molecule has 2 aromatic carbocycles.